The van der Waals surface area contributed by atoms with E-state index in [1.807, 2.05) is 24.5 Å². The summed E-state index contributed by atoms with van der Waals surface area (Å²) >= 11 is 0. The van der Waals surface area contributed by atoms with Crippen molar-refractivity contribution >= 4 is 5.97 Å². The SMILES string of the molecule is CCCCCCCCCOC(=O)c1ccc(-c2ncc(CCCCCC)cn2)cc1. The highest BCUT2D eigenvalue weighted by Crippen LogP contribution is 2.17. The third-order valence-electron chi connectivity index (χ3n) is 5.38. The Morgan fingerprint density at radius 1 is 0.767 bits per heavy atom. The van der Waals surface area contributed by atoms with Crippen LogP contribution in [0, 0.1) is 0 Å². The Hall–Kier alpha value is -2.23. The highest BCUT2D eigenvalue weighted by Gasteiger charge is 2.08. The minimum Gasteiger partial charge on any atom is -0.462 e. The third-order valence-corrected chi connectivity index (χ3v) is 5.38. The van der Waals surface area contributed by atoms with Crippen molar-refractivity contribution in [1.82, 2.24) is 9.97 Å². The lowest BCUT2D eigenvalue weighted by Gasteiger charge is -2.06. The van der Waals surface area contributed by atoms with Crippen LogP contribution in [0.15, 0.2) is 36.7 Å². The van der Waals surface area contributed by atoms with Crippen LogP contribution in [0.25, 0.3) is 11.4 Å². The number of rotatable bonds is 15. The first-order chi connectivity index (χ1) is 14.7. The van der Waals surface area contributed by atoms with Gasteiger partial charge in [-0.2, -0.15) is 0 Å². The van der Waals surface area contributed by atoms with Crippen molar-refractivity contribution in [3.05, 3.63) is 47.8 Å². The number of carbonyl (C=O) groups is 1. The fourth-order valence-electron chi connectivity index (χ4n) is 3.45. The summed E-state index contributed by atoms with van der Waals surface area (Å²) in [5, 5.41) is 0. The number of nitrogens with zero attached hydrogens (tertiary/aromatic N) is 2. The summed E-state index contributed by atoms with van der Waals surface area (Å²) in [6.45, 7) is 4.95. The lowest BCUT2D eigenvalue weighted by Crippen LogP contribution is -2.06. The van der Waals surface area contributed by atoms with Gasteiger partial charge in [-0.15, -0.1) is 0 Å². The molecule has 0 radical (unpaired) electrons. The summed E-state index contributed by atoms with van der Waals surface area (Å²) in [6, 6.07) is 7.37. The van der Waals surface area contributed by atoms with Gasteiger partial charge in [0, 0.05) is 18.0 Å². The van der Waals surface area contributed by atoms with Gasteiger partial charge in [-0.05, 0) is 37.0 Å². The maximum Gasteiger partial charge on any atom is 0.338 e. The second kappa shape index (κ2) is 14.7. The molecule has 0 saturated carbocycles. The van der Waals surface area contributed by atoms with E-state index in [2.05, 4.69) is 23.8 Å². The minimum absolute atomic E-state index is 0.254. The maximum atomic E-state index is 12.2. The molecule has 0 spiro atoms. The van der Waals surface area contributed by atoms with Gasteiger partial charge in [-0.1, -0.05) is 83.8 Å². The molecule has 164 valence electrons. The largest absolute Gasteiger partial charge is 0.462 e. The molecule has 2 aromatic rings. The van der Waals surface area contributed by atoms with E-state index in [0.29, 0.717) is 18.0 Å². The Labute approximate surface area is 182 Å². The highest BCUT2D eigenvalue weighted by molar-refractivity contribution is 5.89. The molecule has 2 rings (SSSR count). The normalized spacial score (nSPS) is 10.9. The zero-order chi connectivity index (χ0) is 21.4. The zero-order valence-electron chi connectivity index (χ0n) is 18.9. The molecule has 0 amide bonds. The predicted octanol–water partition coefficient (Wildman–Crippen LogP) is 7.17. The van der Waals surface area contributed by atoms with E-state index in [1.165, 1.54) is 63.4 Å². The van der Waals surface area contributed by atoms with Crippen LogP contribution in [-0.4, -0.2) is 22.5 Å². The molecule has 0 unspecified atom stereocenters. The van der Waals surface area contributed by atoms with E-state index in [0.717, 1.165) is 24.8 Å². The van der Waals surface area contributed by atoms with Crippen molar-refractivity contribution in [3.8, 4) is 11.4 Å². The monoisotopic (exact) mass is 410 g/mol. The predicted molar refractivity (Wildman–Crippen MR) is 124 cm³/mol. The number of esters is 1. The summed E-state index contributed by atoms with van der Waals surface area (Å²) in [6.07, 6.45) is 18.3. The molecular weight excluding hydrogens is 372 g/mol. The van der Waals surface area contributed by atoms with Crippen LogP contribution in [0.2, 0.25) is 0 Å². The molecule has 1 aromatic heterocycles. The van der Waals surface area contributed by atoms with Crippen LogP contribution < -0.4 is 0 Å². The Balaban J connectivity index is 1.72. The summed E-state index contributed by atoms with van der Waals surface area (Å²) in [7, 11) is 0. The summed E-state index contributed by atoms with van der Waals surface area (Å²) in [5.74, 6) is 0.436. The molecule has 0 aliphatic heterocycles. The number of carbonyl (C=O) groups excluding carboxylic acids is 1. The van der Waals surface area contributed by atoms with Gasteiger partial charge in [0.1, 0.15) is 0 Å². The molecule has 0 aliphatic carbocycles. The van der Waals surface area contributed by atoms with E-state index in [4.69, 9.17) is 4.74 Å². The Bertz CT molecular complexity index is 711. The van der Waals surface area contributed by atoms with E-state index in [1.54, 1.807) is 12.1 Å². The molecule has 4 heteroatoms. The van der Waals surface area contributed by atoms with Crippen LogP contribution in [0.3, 0.4) is 0 Å². The lowest BCUT2D eigenvalue weighted by atomic mass is 10.1. The molecular formula is C26H38N2O2. The van der Waals surface area contributed by atoms with E-state index >= 15 is 0 Å². The Morgan fingerprint density at radius 3 is 1.97 bits per heavy atom. The quantitative estimate of drug-likeness (QED) is 0.231. The molecule has 1 heterocycles. The number of hydrogen-bond donors (Lipinski definition) is 0. The van der Waals surface area contributed by atoms with Crippen molar-refractivity contribution in [1.29, 1.82) is 0 Å². The molecule has 0 aliphatic rings. The van der Waals surface area contributed by atoms with Crippen molar-refractivity contribution in [2.24, 2.45) is 0 Å². The van der Waals surface area contributed by atoms with Gasteiger partial charge < -0.3 is 4.74 Å². The minimum atomic E-state index is -0.254. The van der Waals surface area contributed by atoms with E-state index in [-0.39, 0.29) is 5.97 Å². The molecule has 0 saturated heterocycles. The molecule has 0 atom stereocenters. The summed E-state index contributed by atoms with van der Waals surface area (Å²) in [4.78, 5) is 21.2. The van der Waals surface area contributed by atoms with Gasteiger partial charge in [0.2, 0.25) is 0 Å². The van der Waals surface area contributed by atoms with Gasteiger partial charge in [0.05, 0.1) is 12.2 Å². The second-order valence-corrected chi connectivity index (χ2v) is 8.06. The molecule has 30 heavy (non-hydrogen) atoms. The number of ether oxygens (including phenoxy) is 1. The summed E-state index contributed by atoms with van der Waals surface area (Å²) < 4.78 is 5.40. The second-order valence-electron chi connectivity index (χ2n) is 8.06. The first-order valence-electron chi connectivity index (χ1n) is 11.8. The Kier molecular flexibility index (Phi) is 11.8. The number of aromatic nitrogens is 2. The van der Waals surface area contributed by atoms with Crippen LogP contribution in [-0.2, 0) is 11.2 Å². The molecule has 0 N–H and O–H groups in total. The zero-order valence-corrected chi connectivity index (χ0v) is 18.9. The number of aryl methyl sites for hydroxylation is 1. The first kappa shape index (κ1) is 24.0. The van der Waals surface area contributed by atoms with Crippen molar-refractivity contribution in [2.45, 2.75) is 90.9 Å². The average molecular weight is 411 g/mol. The fraction of sp³-hybridized carbons (Fsp3) is 0.577. The van der Waals surface area contributed by atoms with Gasteiger partial charge in [0.25, 0.3) is 0 Å². The third kappa shape index (κ3) is 9.06. The molecule has 0 bridgehead atoms. The van der Waals surface area contributed by atoms with Crippen LogP contribution in [0.1, 0.15) is 100 Å². The Morgan fingerprint density at radius 2 is 1.33 bits per heavy atom. The van der Waals surface area contributed by atoms with Crippen molar-refractivity contribution in [2.75, 3.05) is 6.61 Å². The van der Waals surface area contributed by atoms with Crippen LogP contribution in [0.4, 0.5) is 0 Å². The van der Waals surface area contributed by atoms with Gasteiger partial charge >= 0.3 is 5.97 Å². The first-order valence-corrected chi connectivity index (χ1v) is 11.8. The van der Waals surface area contributed by atoms with Crippen LogP contribution in [0.5, 0.6) is 0 Å². The number of unbranched alkanes of at least 4 members (excludes halogenated alkanes) is 9. The topological polar surface area (TPSA) is 52.1 Å². The maximum absolute atomic E-state index is 12.2. The lowest BCUT2D eigenvalue weighted by molar-refractivity contribution is 0.0497. The van der Waals surface area contributed by atoms with Crippen molar-refractivity contribution < 1.29 is 9.53 Å². The molecule has 1 aromatic carbocycles. The van der Waals surface area contributed by atoms with Crippen molar-refractivity contribution in [3.63, 3.8) is 0 Å². The summed E-state index contributed by atoms with van der Waals surface area (Å²) in [5.41, 5.74) is 2.67. The van der Waals surface area contributed by atoms with Crippen LogP contribution >= 0.6 is 0 Å². The molecule has 0 fully saturated rings. The molecule has 4 nitrogen and oxygen atoms in total. The number of hydrogen-bond acceptors (Lipinski definition) is 4. The standard InChI is InChI=1S/C26H38N2O2/c1-3-5-7-9-10-11-13-19-30-26(29)24-17-15-23(16-18-24)25-27-20-22(21-28-25)14-12-8-6-4-2/h15-18,20-21H,3-14,19H2,1-2H3. The highest BCUT2D eigenvalue weighted by atomic mass is 16.5. The average Bonchev–Trinajstić information content (AvgIpc) is 2.79. The van der Waals surface area contributed by atoms with E-state index < -0.39 is 0 Å². The van der Waals surface area contributed by atoms with Gasteiger partial charge in [-0.25, -0.2) is 14.8 Å². The van der Waals surface area contributed by atoms with E-state index in [9.17, 15) is 4.79 Å². The van der Waals surface area contributed by atoms with Gasteiger partial charge in [-0.3, -0.25) is 0 Å². The van der Waals surface area contributed by atoms with Gasteiger partial charge in [0.15, 0.2) is 5.82 Å². The smallest absolute Gasteiger partial charge is 0.338 e. The fourth-order valence-corrected chi connectivity index (χ4v) is 3.45. The number of benzene rings is 1.